The number of benzene rings is 1. The van der Waals surface area contributed by atoms with Gasteiger partial charge in [0.25, 0.3) is 0 Å². The van der Waals surface area contributed by atoms with Crippen molar-refractivity contribution in [2.75, 3.05) is 6.54 Å². The van der Waals surface area contributed by atoms with E-state index in [2.05, 4.69) is 19.2 Å². The molecule has 0 aliphatic carbocycles. The fourth-order valence-corrected chi connectivity index (χ4v) is 1.96. The van der Waals surface area contributed by atoms with Gasteiger partial charge in [0.1, 0.15) is 0 Å². The number of hydrogen-bond donors (Lipinski definition) is 1. The fraction of sp³-hybridized carbons (Fsp3) is 0.571. The van der Waals surface area contributed by atoms with E-state index in [4.69, 9.17) is 4.74 Å². The molecule has 1 atom stereocenters. The third-order valence-corrected chi connectivity index (χ3v) is 2.68. The smallest absolute Gasteiger partial charge is 0.310 e. The van der Waals surface area contributed by atoms with E-state index in [0.29, 0.717) is 11.8 Å². The summed E-state index contributed by atoms with van der Waals surface area (Å²) in [6, 6.07) is 5.41. The molecule has 0 aromatic heterocycles. The third-order valence-electron chi connectivity index (χ3n) is 2.68. The zero-order valence-electron chi connectivity index (χ0n) is 12.0. The van der Waals surface area contributed by atoms with E-state index < -0.39 is 4.92 Å². The molecule has 0 amide bonds. The van der Waals surface area contributed by atoms with Gasteiger partial charge in [0.2, 0.25) is 0 Å². The molecule has 0 aliphatic heterocycles. The van der Waals surface area contributed by atoms with Gasteiger partial charge in [-0.2, -0.15) is 0 Å². The van der Waals surface area contributed by atoms with Gasteiger partial charge < -0.3 is 10.1 Å². The molecule has 106 valence electrons. The Bertz CT molecular complexity index is 433. The zero-order chi connectivity index (χ0) is 14.4. The number of nitro benzene ring substituents is 1. The summed E-state index contributed by atoms with van der Waals surface area (Å²) in [6.45, 7) is 8.77. The summed E-state index contributed by atoms with van der Waals surface area (Å²) in [5.41, 5.74) is 1.06. The number of hydrogen-bond acceptors (Lipinski definition) is 4. The minimum absolute atomic E-state index is 0.0218. The molecule has 0 aliphatic rings. The van der Waals surface area contributed by atoms with Gasteiger partial charge in [0.15, 0.2) is 5.75 Å². The van der Waals surface area contributed by atoms with Gasteiger partial charge in [-0.25, -0.2) is 0 Å². The lowest BCUT2D eigenvalue weighted by Gasteiger charge is -2.14. The maximum Gasteiger partial charge on any atom is 0.310 e. The van der Waals surface area contributed by atoms with Crippen molar-refractivity contribution in [3.8, 4) is 5.75 Å². The van der Waals surface area contributed by atoms with Crippen LogP contribution >= 0.6 is 0 Å². The van der Waals surface area contributed by atoms with E-state index >= 15 is 0 Å². The monoisotopic (exact) mass is 266 g/mol. The Balaban J connectivity index is 2.94. The highest BCUT2D eigenvalue weighted by molar-refractivity contribution is 5.48. The van der Waals surface area contributed by atoms with Crippen LogP contribution in [-0.2, 0) is 6.42 Å². The van der Waals surface area contributed by atoms with Gasteiger partial charge >= 0.3 is 5.69 Å². The Kier molecular flexibility index (Phi) is 5.76. The maximum absolute atomic E-state index is 11.0. The molecule has 0 fully saturated rings. The van der Waals surface area contributed by atoms with E-state index in [1.165, 1.54) is 6.07 Å². The lowest BCUT2D eigenvalue weighted by molar-refractivity contribution is -0.386. The van der Waals surface area contributed by atoms with Crippen LogP contribution in [0.5, 0.6) is 5.75 Å². The minimum Gasteiger partial charge on any atom is -0.484 e. The topological polar surface area (TPSA) is 64.4 Å². The van der Waals surface area contributed by atoms with Crippen LogP contribution in [0.2, 0.25) is 0 Å². The largest absolute Gasteiger partial charge is 0.484 e. The van der Waals surface area contributed by atoms with Crippen LogP contribution in [0.25, 0.3) is 0 Å². The molecule has 0 bridgehead atoms. The standard InChI is InChI=1S/C14H22N2O3/c1-5-15-11(4)8-12-6-7-13(16(17)18)14(9-12)19-10(2)3/h6-7,9-11,15H,5,8H2,1-4H3. The first-order valence-electron chi connectivity index (χ1n) is 6.61. The quantitative estimate of drug-likeness (QED) is 0.608. The van der Waals surface area contributed by atoms with E-state index in [0.717, 1.165) is 18.5 Å². The number of rotatable bonds is 7. The number of nitrogens with zero attached hydrogens (tertiary/aromatic N) is 1. The Morgan fingerprint density at radius 3 is 2.58 bits per heavy atom. The van der Waals surface area contributed by atoms with Crippen LogP contribution in [0.1, 0.15) is 33.3 Å². The van der Waals surface area contributed by atoms with Gasteiger partial charge in [0, 0.05) is 12.1 Å². The van der Waals surface area contributed by atoms with Crippen LogP contribution in [0.3, 0.4) is 0 Å². The van der Waals surface area contributed by atoms with Crippen LogP contribution in [0.4, 0.5) is 5.69 Å². The average molecular weight is 266 g/mol. The first-order valence-corrected chi connectivity index (χ1v) is 6.61. The van der Waals surface area contributed by atoms with Crippen molar-refractivity contribution in [2.24, 2.45) is 0 Å². The molecule has 1 rings (SSSR count). The zero-order valence-corrected chi connectivity index (χ0v) is 12.0. The molecule has 5 nitrogen and oxygen atoms in total. The summed E-state index contributed by atoms with van der Waals surface area (Å²) < 4.78 is 5.53. The van der Waals surface area contributed by atoms with E-state index in [1.807, 2.05) is 13.8 Å². The molecule has 0 heterocycles. The summed E-state index contributed by atoms with van der Waals surface area (Å²) in [6.07, 6.45) is 0.737. The minimum atomic E-state index is -0.408. The number of ether oxygens (including phenoxy) is 1. The summed E-state index contributed by atoms with van der Waals surface area (Å²) >= 11 is 0. The second-order valence-electron chi connectivity index (χ2n) is 4.89. The summed E-state index contributed by atoms with van der Waals surface area (Å²) in [5, 5.41) is 14.3. The van der Waals surface area contributed by atoms with Gasteiger partial charge in [-0.05, 0) is 45.4 Å². The Morgan fingerprint density at radius 2 is 2.05 bits per heavy atom. The van der Waals surface area contributed by atoms with Crippen molar-refractivity contribution in [3.05, 3.63) is 33.9 Å². The molecule has 0 spiro atoms. The molecule has 0 radical (unpaired) electrons. The fourth-order valence-electron chi connectivity index (χ4n) is 1.96. The van der Waals surface area contributed by atoms with Crippen molar-refractivity contribution in [3.63, 3.8) is 0 Å². The van der Waals surface area contributed by atoms with Gasteiger partial charge in [-0.3, -0.25) is 10.1 Å². The first-order chi connectivity index (χ1) is 8.93. The molecule has 1 aromatic rings. The van der Waals surface area contributed by atoms with Crippen molar-refractivity contribution < 1.29 is 9.66 Å². The number of nitro groups is 1. The summed E-state index contributed by atoms with van der Waals surface area (Å²) in [4.78, 5) is 10.5. The molecule has 0 saturated heterocycles. The van der Waals surface area contributed by atoms with Gasteiger partial charge in [-0.1, -0.05) is 13.0 Å². The van der Waals surface area contributed by atoms with Crippen molar-refractivity contribution in [2.45, 2.75) is 46.3 Å². The number of likely N-dealkylation sites (N-methyl/N-ethyl adjacent to an activating group) is 1. The lowest BCUT2D eigenvalue weighted by Crippen LogP contribution is -2.27. The van der Waals surface area contributed by atoms with Crippen LogP contribution in [-0.4, -0.2) is 23.6 Å². The molecule has 1 aromatic carbocycles. The van der Waals surface area contributed by atoms with Crippen molar-refractivity contribution in [1.29, 1.82) is 0 Å². The van der Waals surface area contributed by atoms with Crippen LogP contribution in [0, 0.1) is 10.1 Å². The normalized spacial score (nSPS) is 12.5. The molecular weight excluding hydrogens is 244 g/mol. The molecule has 0 saturated carbocycles. The second-order valence-corrected chi connectivity index (χ2v) is 4.89. The van der Waals surface area contributed by atoms with Gasteiger partial charge in [0.05, 0.1) is 11.0 Å². The second kappa shape index (κ2) is 7.09. The third kappa shape index (κ3) is 4.87. The Morgan fingerprint density at radius 1 is 1.37 bits per heavy atom. The highest BCUT2D eigenvalue weighted by atomic mass is 16.6. The Hall–Kier alpha value is -1.62. The first kappa shape index (κ1) is 15.4. The van der Waals surface area contributed by atoms with E-state index in [1.54, 1.807) is 12.1 Å². The average Bonchev–Trinajstić information content (AvgIpc) is 2.28. The predicted molar refractivity (Wildman–Crippen MR) is 75.7 cm³/mol. The highest BCUT2D eigenvalue weighted by Crippen LogP contribution is 2.29. The maximum atomic E-state index is 11.0. The highest BCUT2D eigenvalue weighted by Gasteiger charge is 2.17. The van der Waals surface area contributed by atoms with Gasteiger partial charge in [-0.15, -0.1) is 0 Å². The van der Waals surface area contributed by atoms with Crippen LogP contribution < -0.4 is 10.1 Å². The number of nitrogens with one attached hydrogen (secondary N) is 1. The Labute approximate surface area is 114 Å². The molecule has 1 N–H and O–H groups in total. The molecule has 19 heavy (non-hydrogen) atoms. The molecule has 1 unspecified atom stereocenters. The molecular formula is C14H22N2O3. The summed E-state index contributed by atoms with van der Waals surface area (Å²) in [7, 11) is 0. The molecule has 5 heteroatoms. The van der Waals surface area contributed by atoms with Crippen molar-refractivity contribution >= 4 is 5.69 Å². The SMILES string of the molecule is CCNC(C)Cc1ccc([N+](=O)[O-])c(OC(C)C)c1. The van der Waals surface area contributed by atoms with Crippen LogP contribution in [0.15, 0.2) is 18.2 Å². The van der Waals surface area contributed by atoms with Crippen molar-refractivity contribution in [1.82, 2.24) is 5.32 Å². The lowest BCUT2D eigenvalue weighted by atomic mass is 10.1. The predicted octanol–water partition coefficient (Wildman–Crippen LogP) is 2.92. The van der Waals surface area contributed by atoms with E-state index in [9.17, 15) is 10.1 Å². The summed E-state index contributed by atoms with van der Waals surface area (Å²) in [5.74, 6) is 0.348. The van der Waals surface area contributed by atoms with E-state index in [-0.39, 0.29) is 11.8 Å².